The van der Waals surface area contributed by atoms with Crippen molar-refractivity contribution in [2.24, 2.45) is 7.05 Å². The van der Waals surface area contributed by atoms with E-state index in [-0.39, 0.29) is 5.78 Å². The number of hydrogen-bond acceptors (Lipinski definition) is 3. The van der Waals surface area contributed by atoms with E-state index in [0.717, 1.165) is 29.0 Å². The predicted molar refractivity (Wildman–Crippen MR) is 66.6 cm³/mol. The van der Waals surface area contributed by atoms with Crippen LogP contribution in [0, 0.1) is 0 Å². The Hall–Kier alpha value is -2.10. The third kappa shape index (κ3) is 1.90. The molecule has 0 saturated heterocycles. The largest absolute Gasteiger partial charge is 0.487 e. The summed E-state index contributed by atoms with van der Waals surface area (Å²) in [6.45, 7) is 0.489. The SMILES string of the molecule is Cn1cncc1COc1ccc2c(c1)CCC2=O. The van der Waals surface area contributed by atoms with Gasteiger partial charge in [0.1, 0.15) is 12.4 Å². The van der Waals surface area contributed by atoms with Gasteiger partial charge in [-0.05, 0) is 30.2 Å². The quantitative estimate of drug-likeness (QED) is 0.828. The lowest BCUT2D eigenvalue weighted by molar-refractivity contribution is 0.0994. The summed E-state index contributed by atoms with van der Waals surface area (Å²) in [6.07, 6.45) is 4.99. The summed E-state index contributed by atoms with van der Waals surface area (Å²) in [5.74, 6) is 1.05. The van der Waals surface area contributed by atoms with Crippen LogP contribution >= 0.6 is 0 Å². The summed E-state index contributed by atoms with van der Waals surface area (Å²) < 4.78 is 7.65. The average molecular weight is 242 g/mol. The zero-order valence-corrected chi connectivity index (χ0v) is 10.2. The van der Waals surface area contributed by atoms with Gasteiger partial charge in [-0.15, -0.1) is 0 Å². The number of hydrogen-bond donors (Lipinski definition) is 0. The number of ketones is 1. The minimum atomic E-state index is 0.239. The molecule has 0 spiro atoms. The lowest BCUT2D eigenvalue weighted by Gasteiger charge is -2.08. The highest BCUT2D eigenvalue weighted by molar-refractivity contribution is 6.00. The maximum absolute atomic E-state index is 11.5. The number of aromatic nitrogens is 2. The maximum Gasteiger partial charge on any atom is 0.163 e. The highest BCUT2D eigenvalue weighted by atomic mass is 16.5. The van der Waals surface area contributed by atoms with E-state index < -0.39 is 0 Å². The molecule has 0 unspecified atom stereocenters. The minimum Gasteiger partial charge on any atom is -0.487 e. The fourth-order valence-electron chi connectivity index (χ4n) is 2.20. The first kappa shape index (κ1) is 11.0. The Morgan fingerprint density at radius 2 is 2.28 bits per heavy atom. The molecule has 0 atom stereocenters. The Balaban J connectivity index is 1.75. The predicted octanol–water partition coefficient (Wildman–Crippen LogP) is 2.13. The van der Waals surface area contributed by atoms with Gasteiger partial charge in [-0.2, -0.15) is 0 Å². The normalized spacial score (nSPS) is 13.7. The Kier molecular flexibility index (Phi) is 2.63. The Bertz CT molecular complexity index is 602. The van der Waals surface area contributed by atoms with Gasteiger partial charge in [0, 0.05) is 19.0 Å². The van der Waals surface area contributed by atoms with Crippen LogP contribution in [-0.4, -0.2) is 15.3 Å². The van der Waals surface area contributed by atoms with Crippen LogP contribution in [0.1, 0.15) is 28.0 Å². The smallest absolute Gasteiger partial charge is 0.163 e. The van der Waals surface area contributed by atoms with E-state index in [9.17, 15) is 4.79 Å². The molecule has 92 valence electrons. The van der Waals surface area contributed by atoms with Gasteiger partial charge in [-0.3, -0.25) is 4.79 Å². The first-order valence-corrected chi connectivity index (χ1v) is 5.98. The van der Waals surface area contributed by atoms with E-state index in [1.54, 1.807) is 12.5 Å². The van der Waals surface area contributed by atoms with E-state index in [1.165, 1.54) is 0 Å². The molecule has 0 amide bonds. The summed E-state index contributed by atoms with van der Waals surface area (Å²) in [6, 6.07) is 5.69. The Morgan fingerprint density at radius 1 is 1.39 bits per heavy atom. The number of benzene rings is 1. The fourth-order valence-corrected chi connectivity index (χ4v) is 2.20. The third-order valence-electron chi connectivity index (χ3n) is 3.30. The molecule has 2 aromatic rings. The topological polar surface area (TPSA) is 44.1 Å². The summed E-state index contributed by atoms with van der Waals surface area (Å²) in [4.78, 5) is 15.6. The Morgan fingerprint density at radius 3 is 3.06 bits per heavy atom. The van der Waals surface area contributed by atoms with Crippen LogP contribution in [0.2, 0.25) is 0 Å². The van der Waals surface area contributed by atoms with E-state index in [1.807, 2.05) is 29.8 Å². The summed E-state index contributed by atoms with van der Waals surface area (Å²) in [5.41, 5.74) is 2.97. The number of nitrogens with zero attached hydrogens (tertiary/aromatic N) is 2. The van der Waals surface area contributed by atoms with Gasteiger partial charge in [0.05, 0.1) is 18.2 Å². The van der Waals surface area contributed by atoms with Crippen molar-refractivity contribution < 1.29 is 9.53 Å². The number of Topliss-reactive ketones (excluding diaryl/α,β-unsaturated/α-hetero) is 1. The van der Waals surface area contributed by atoms with Gasteiger partial charge in [0.15, 0.2) is 5.78 Å². The van der Waals surface area contributed by atoms with Crippen LogP contribution in [0.15, 0.2) is 30.7 Å². The Labute approximate surface area is 105 Å². The third-order valence-corrected chi connectivity index (χ3v) is 3.30. The first-order valence-electron chi connectivity index (χ1n) is 5.98. The lowest BCUT2D eigenvalue weighted by Crippen LogP contribution is -2.01. The second-order valence-corrected chi connectivity index (χ2v) is 4.53. The molecule has 1 aromatic heterocycles. The standard InChI is InChI=1S/C14H14N2O2/c1-16-9-15-7-11(16)8-18-12-3-4-13-10(6-12)2-5-14(13)17/h3-4,6-7,9H,2,5,8H2,1H3. The van der Waals surface area contributed by atoms with Gasteiger partial charge in [-0.1, -0.05) is 0 Å². The number of carbonyl (C=O) groups excluding carboxylic acids is 1. The van der Waals surface area contributed by atoms with E-state index in [0.29, 0.717) is 13.0 Å². The van der Waals surface area contributed by atoms with Crippen molar-refractivity contribution in [1.82, 2.24) is 9.55 Å². The van der Waals surface area contributed by atoms with Crippen molar-refractivity contribution >= 4 is 5.78 Å². The second kappa shape index (κ2) is 4.29. The van der Waals surface area contributed by atoms with Gasteiger partial charge in [0.2, 0.25) is 0 Å². The molecule has 0 N–H and O–H groups in total. The summed E-state index contributed by atoms with van der Waals surface area (Å²) in [5, 5.41) is 0. The molecule has 4 nitrogen and oxygen atoms in total. The lowest BCUT2D eigenvalue weighted by atomic mass is 10.1. The van der Waals surface area contributed by atoms with Crippen molar-refractivity contribution in [2.45, 2.75) is 19.4 Å². The number of fused-ring (bicyclic) bond motifs is 1. The second-order valence-electron chi connectivity index (χ2n) is 4.53. The maximum atomic E-state index is 11.5. The van der Waals surface area contributed by atoms with Crippen LogP contribution in [0.4, 0.5) is 0 Å². The highest BCUT2D eigenvalue weighted by Gasteiger charge is 2.19. The average Bonchev–Trinajstić information content (AvgIpc) is 2.94. The number of carbonyl (C=O) groups is 1. The van der Waals surface area contributed by atoms with Crippen molar-refractivity contribution in [3.8, 4) is 5.75 Å². The van der Waals surface area contributed by atoms with Crippen LogP contribution in [0.25, 0.3) is 0 Å². The summed E-state index contributed by atoms with van der Waals surface area (Å²) in [7, 11) is 1.94. The number of ether oxygens (including phenoxy) is 1. The highest BCUT2D eigenvalue weighted by Crippen LogP contribution is 2.26. The molecule has 1 heterocycles. The zero-order valence-electron chi connectivity index (χ0n) is 10.2. The molecule has 3 rings (SSSR count). The van der Waals surface area contributed by atoms with Crippen LogP contribution < -0.4 is 4.74 Å². The molecule has 0 aliphatic heterocycles. The molecule has 0 bridgehead atoms. The van der Waals surface area contributed by atoms with E-state index in [2.05, 4.69) is 4.98 Å². The van der Waals surface area contributed by atoms with Gasteiger partial charge in [-0.25, -0.2) is 4.98 Å². The number of aryl methyl sites for hydroxylation is 2. The van der Waals surface area contributed by atoms with Gasteiger partial charge >= 0.3 is 0 Å². The molecular weight excluding hydrogens is 228 g/mol. The van der Waals surface area contributed by atoms with E-state index in [4.69, 9.17) is 4.74 Å². The van der Waals surface area contributed by atoms with Crippen LogP contribution in [0.5, 0.6) is 5.75 Å². The zero-order chi connectivity index (χ0) is 12.5. The van der Waals surface area contributed by atoms with E-state index >= 15 is 0 Å². The molecule has 1 aliphatic carbocycles. The first-order chi connectivity index (χ1) is 8.74. The molecule has 4 heteroatoms. The van der Waals surface area contributed by atoms with Gasteiger partial charge in [0.25, 0.3) is 0 Å². The van der Waals surface area contributed by atoms with Crippen molar-refractivity contribution in [1.29, 1.82) is 0 Å². The molecule has 0 radical (unpaired) electrons. The molecule has 0 fully saturated rings. The molecular formula is C14H14N2O2. The fraction of sp³-hybridized carbons (Fsp3) is 0.286. The molecule has 0 saturated carbocycles. The van der Waals surface area contributed by atoms with Crippen LogP contribution in [0.3, 0.4) is 0 Å². The molecule has 18 heavy (non-hydrogen) atoms. The summed E-state index contributed by atoms with van der Waals surface area (Å²) >= 11 is 0. The number of imidazole rings is 1. The van der Waals surface area contributed by atoms with Crippen molar-refractivity contribution in [3.05, 3.63) is 47.5 Å². The van der Waals surface area contributed by atoms with Crippen molar-refractivity contribution in [2.75, 3.05) is 0 Å². The monoisotopic (exact) mass is 242 g/mol. The molecule has 1 aliphatic rings. The molecule has 1 aromatic carbocycles. The minimum absolute atomic E-state index is 0.239. The van der Waals surface area contributed by atoms with Crippen LogP contribution in [-0.2, 0) is 20.1 Å². The van der Waals surface area contributed by atoms with Gasteiger partial charge < -0.3 is 9.30 Å². The van der Waals surface area contributed by atoms with Crippen molar-refractivity contribution in [3.63, 3.8) is 0 Å². The number of rotatable bonds is 3.